The van der Waals surface area contributed by atoms with Gasteiger partial charge in [-0.3, -0.25) is 9.91 Å². The lowest BCUT2D eigenvalue weighted by Crippen LogP contribution is -2.38. The van der Waals surface area contributed by atoms with Crippen molar-refractivity contribution in [2.24, 2.45) is 5.10 Å². The van der Waals surface area contributed by atoms with Crippen molar-refractivity contribution in [3.63, 3.8) is 0 Å². The van der Waals surface area contributed by atoms with Crippen LogP contribution < -0.4 is 9.80 Å². The van der Waals surface area contributed by atoms with Crippen LogP contribution in [0.5, 0.6) is 0 Å². The Balaban J connectivity index is 1.47. The van der Waals surface area contributed by atoms with E-state index in [1.165, 1.54) is 11.0 Å². The van der Waals surface area contributed by atoms with E-state index >= 15 is 0 Å². The highest BCUT2D eigenvalue weighted by atomic mass is 19.1. The summed E-state index contributed by atoms with van der Waals surface area (Å²) in [6, 6.07) is 4.74. The number of benzene rings is 1. The summed E-state index contributed by atoms with van der Waals surface area (Å²) >= 11 is 0. The third-order valence-corrected chi connectivity index (χ3v) is 4.61. The average Bonchev–Trinajstić information content (AvgIpc) is 3.31. The molecule has 1 aromatic carbocycles. The third kappa shape index (κ3) is 3.55. The zero-order chi connectivity index (χ0) is 18.8. The fraction of sp³-hybridized carbons (Fsp3) is 0.412. The number of carbonyl (C=O) groups is 1. The van der Waals surface area contributed by atoms with Crippen LogP contribution in [-0.4, -0.2) is 64.7 Å². The van der Waals surface area contributed by atoms with Crippen LogP contribution in [0.3, 0.4) is 0 Å². The number of hydrogen-bond donors (Lipinski definition) is 0. The highest BCUT2D eigenvalue weighted by molar-refractivity contribution is 5.90. The number of nitrogens with zero attached hydrogens (tertiary/aromatic N) is 7. The molecule has 0 radical (unpaired) electrons. The van der Waals surface area contributed by atoms with Crippen LogP contribution in [-0.2, 0) is 11.3 Å². The molecule has 1 aromatic heterocycles. The Labute approximate surface area is 155 Å². The van der Waals surface area contributed by atoms with E-state index in [1.54, 1.807) is 40.4 Å². The summed E-state index contributed by atoms with van der Waals surface area (Å²) in [4.78, 5) is 15.4. The number of hydrazone groups is 1. The number of rotatable bonds is 5. The number of carbonyl (C=O) groups excluding carboxylic acids is 1. The van der Waals surface area contributed by atoms with Crippen molar-refractivity contribution in [1.82, 2.24) is 20.0 Å². The first-order chi connectivity index (χ1) is 13.1. The van der Waals surface area contributed by atoms with Gasteiger partial charge < -0.3 is 9.64 Å². The van der Waals surface area contributed by atoms with Gasteiger partial charge in [0.25, 0.3) is 0 Å². The maximum absolute atomic E-state index is 14.7. The Hall–Kier alpha value is -3.17. The molecule has 0 saturated carbocycles. The van der Waals surface area contributed by atoms with E-state index in [0.717, 1.165) is 13.1 Å². The van der Waals surface area contributed by atoms with Crippen molar-refractivity contribution < 1.29 is 13.9 Å². The van der Waals surface area contributed by atoms with Crippen molar-refractivity contribution >= 4 is 23.8 Å². The van der Waals surface area contributed by atoms with Gasteiger partial charge in [-0.1, -0.05) is 5.21 Å². The molecule has 0 unspecified atom stereocenters. The topological polar surface area (TPSA) is 79.1 Å². The van der Waals surface area contributed by atoms with Gasteiger partial charge in [-0.2, -0.15) is 5.10 Å². The highest BCUT2D eigenvalue weighted by Gasteiger charge is 2.33. The number of hydrogen-bond acceptors (Lipinski definition) is 7. The molecule has 27 heavy (non-hydrogen) atoms. The third-order valence-electron chi connectivity index (χ3n) is 4.61. The maximum atomic E-state index is 14.7. The molecular weight excluding hydrogens is 353 g/mol. The van der Waals surface area contributed by atoms with E-state index in [1.807, 2.05) is 11.9 Å². The molecule has 0 N–H and O–H groups in total. The molecule has 2 aliphatic rings. The second kappa shape index (κ2) is 7.22. The van der Waals surface area contributed by atoms with Gasteiger partial charge in [0.15, 0.2) is 0 Å². The number of likely N-dealkylation sites (N-methyl/N-ethyl adjacent to an activating group) is 1. The Bertz CT molecular complexity index is 842. The number of anilines is 2. The van der Waals surface area contributed by atoms with Crippen molar-refractivity contribution in [2.75, 3.05) is 36.0 Å². The molecule has 0 spiro atoms. The first-order valence-corrected chi connectivity index (χ1v) is 8.81. The van der Waals surface area contributed by atoms with Crippen molar-refractivity contribution in [3.05, 3.63) is 36.4 Å². The molecule has 1 fully saturated rings. The van der Waals surface area contributed by atoms with Gasteiger partial charge in [0.05, 0.1) is 37.2 Å². The lowest BCUT2D eigenvalue weighted by atomic mass is 10.2. The predicted octanol–water partition coefficient (Wildman–Crippen LogP) is 1.53. The summed E-state index contributed by atoms with van der Waals surface area (Å²) in [6.45, 7) is 4.96. The van der Waals surface area contributed by atoms with Crippen LogP contribution in [0.4, 0.5) is 20.6 Å². The summed E-state index contributed by atoms with van der Waals surface area (Å²) < 4.78 is 21.6. The van der Waals surface area contributed by atoms with Crippen LogP contribution in [0.15, 0.2) is 35.7 Å². The molecule has 10 heteroatoms. The van der Waals surface area contributed by atoms with Gasteiger partial charge in [0.2, 0.25) is 0 Å². The van der Waals surface area contributed by atoms with Gasteiger partial charge in [0, 0.05) is 19.3 Å². The Kier molecular flexibility index (Phi) is 4.61. The molecule has 0 bridgehead atoms. The molecule has 1 saturated heterocycles. The number of amides is 1. The number of halogens is 1. The summed E-state index contributed by atoms with van der Waals surface area (Å²) in [5, 5.41) is 13.8. The van der Waals surface area contributed by atoms with Gasteiger partial charge >= 0.3 is 6.09 Å². The fourth-order valence-corrected chi connectivity index (χ4v) is 3.16. The fourth-order valence-electron chi connectivity index (χ4n) is 3.16. The molecule has 3 heterocycles. The van der Waals surface area contributed by atoms with Crippen LogP contribution >= 0.6 is 0 Å². The van der Waals surface area contributed by atoms with Gasteiger partial charge in [-0.05, 0) is 25.1 Å². The zero-order valence-electron chi connectivity index (χ0n) is 14.9. The molecule has 0 aliphatic carbocycles. The average molecular weight is 373 g/mol. The molecule has 2 aliphatic heterocycles. The van der Waals surface area contributed by atoms with Crippen LogP contribution in [0.1, 0.15) is 6.92 Å². The van der Waals surface area contributed by atoms with E-state index in [0.29, 0.717) is 31.0 Å². The normalized spacial score (nSPS) is 19.7. The predicted molar refractivity (Wildman–Crippen MR) is 97.1 cm³/mol. The summed E-state index contributed by atoms with van der Waals surface area (Å²) in [5.41, 5.74) is 0.899. The SMILES string of the molecule is CCN1CCN(c2ccc(N3C[C@H](Cn4ccnn4)OC3=O)cc2F)C=N1. The van der Waals surface area contributed by atoms with Crippen molar-refractivity contribution in [2.45, 2.75) is 19.6 Å². The van der Waals surface area contributed by atoms with E-state index in [4.69, 9.17) is 4.74 Å². The van der Waals surface area contributed by atoms with E-state index < -0.39 is 11.9 Å². The Morgan fingerprint density at radius 3 is 2.89 bits per heavy atom. The monoisotopic (exact) mass is 373 g/mol. The van der Waals surface area contributed by atoms with E-state index in [2.05, 4.69) is 15.4 Å². The molecule has 4 rings (SSSR count). The Morgan fingerprint density at radius 1 is 1.33 bits per heavy atom. The van der Waals surface area contributed by atoms with Crippen molar-refractivity contribution in [1.29, 1.82) is 0 Å². The summed E-state index contributed by atoms with van der Waals surface area (Å²) in [6.07, 6.45) is 4.03. The summed E-state index contributed by atoms with van der Waals surface area (Å²) in [5.74, 6) is -0.406. The van der Waals surface area contributed by atoms with Crippen molar-refractivity contribution in [3.8, 4) is 0 Å². The van der Waals surface area contributed by atoms with Gasteiger partial charge in [0.1, 0.15) is 18.3 Å². The molecule has 2 aromatic rings. The standard InChI is InChI=1S/C17H20FN7O2/c1-2-23-8-7-22(12-20-23)16-4-3-13(9-15(16)18)25-11-14(27-17(25)26)10-24-6-5-19-21-24/h3-6,9,12,14H,2,7-8,10-11H2,1H3/t14-/m0/s1. The number of ether oxygens (including phenoxy) is 1. The molecule has 1 amide bonds. The Morgan fingerprint density at radius 2 is 2.22 bits per heavy atom. The first-order valence-electron chi connectivity index (χ1n) is 8.81. The number of cyclic esters (lactones) is 1. The van der Waals surface area contributed by atoms with Gasteiger partial charge in [-0.15, -0.1) is 5.10 Å². The maximum Gasteiger partial charge on any atom is 0.414 e. The molecular formula is C17H20FN7O2. The molecule has 9 nitrogen and oxygen atoms in total. The van der Waals surface area contributed by atoms with Crippen LogP contribution in [0.2, 0.25) is 0 Å². The highest BCUT2D eigenvalue weighted by Crippen LogP contribution is 2.28. The lowest BCUT2D eigenvalue weighted by Gasteiger charge is -2.29. The largest absolute Gasteiger partial charge is 0.442 e. The van der Waals surface area contributed by atoms with Crippen LogP contribution in [0, 0.1) is 5.82 Å². The minimum absolute atomic E-state index is 0.327. The number of aromatic nitrogens is 3. The molecule has 1 atom stereocenters. The van der Waals surface area contributed by atoms with E-state index in [-0.39, 0.29) is 6.10 Å². The zero-order valence-corrected chi connectivity index (χ0v) is 14.9. The second-order valence-electron chi connectivity index (χ2n) is 6.35. The lowest BCUT2D eigenvalue weighted by molar-refractivity contribution is 0.129. The van der Waals surface area contributed by atoms with Crippen LogP contribution in [0.25, 0.3) is 0 Å². The minimum Gasteiger partial charge on any atom is -0.442 e. The van der Waals surface area contributed by atoms with E-state index in [9.17, 15) is 9.18 Å². The quantitative estimate of drug-likeness (QED) is 0.791. The smallest absolute Gasteiger partial charge is 0.414 e. The molecule has 142 valence electrons. The first kappa shape index (κ1) is 17.3. The summed E-state index contributed by atoms with van der Waals surface area (Å²) in [7, 11) is 0. The minimum atomic E-state index is -0.495. The van der Waals surface area contributed by atoms with Gasteiger partial charge in [-0.25, -0.2) is 13.9 Å². The second-order valence-corrected chi connectivity index (χ2v) is 6.35.